The van der Waals surface area contributed by atoms with Crippen LogP contribution in [0.3, 0.4) is 0 Å². The van der Waals surface area contributed by atoms with Crippen LogP contribution in [-0.4, -0.2) is 52.9 Å². The Morgan fingerprint density at radius 3 is 2.51 bits per heavy atom. The maximum Gasteiger partial charge on any atom is 0.253 e. The molecule has 2 aromatic carbocycles. The standard InChI is InChI=1S/C28H29ClF2N4O2/c29-26-22(23(30)6-7-24(26)31)17-37-25-15-20(16-33-27(25)32)18-4-3-5-19(14-18)28(36)35-12-8-21(9-13-35)34-10-1-2-11-34/h3-7,14-16,21H,1-2,8-13,17H2,(H2,32,33). The van der Waals surface area contributed by atoms with Crippen LogP contribution >= 0.6 is 11.6 Å². The summed E-state index contributed by atoms with van der Waals surface area (Å²) in [6.07, 6.45) is 6.14. The minimum atomic E-state index is -0.733. The molecule has 194 valence electrons. The predicted molar refractivity (Wildman–Crippen MR) is 140 cm³/mol. The van der Waals surface area contributed by atoms with Gasteiger partial charge in [-0.25, -0.2) is 13.8 Å². The number of ether oxygens (including phenoxy) is 1. The summed E-state index contributed by atoms with van der Waals surface area (Å²) in [7, 11) is 0. The molecule has 3 heterocycles. The van der Waals surface area contributed by atoms with Gasteiger partial charge in [-0.05, 0) is 74.7 Å². The molecular formula is C28H29ClF2N4O2. The third-order valence-corrected chi connectivity index (χ3v) is 7.65. The van der Waals surface area contributed by atoms with Gasteiger partial charge in [0.15, 0.2) is 11.6 Å². The Kier molecular flexibility index (Phi) is 7.58. The molecule has 0 atom stereocenters. The molecule has 2 fully saturated rings. The number of likely N-dealkylation sites (tertiary alicyclic amines) is 2. The van der Waals surface area contributed by atoms with Gasteiger partial charge in [-0.3, -0.25) is 4.79 Å². The summed E-state index contributed by atoms with van der Waals surface area (Å²) in [4.78, 5) is 21.9. The molecule has 9 heteroatoms. The van der Waals surface area contributed by atoms with Gasteiger partial charge in [-0.15, -0.1) is 0 Å². The molecule has 0 unspecified atom stereocenters. The van der Waals surface area contributed by atoms with E-state index in [2.05, 4.69) is 9.88 Å². The Morgan fingerprint density at radius 2 is 1.76 bits per heavy atom. The first-order valence-electron chi connectivity index (χ1n) is 12.5. The first-order valence-corrected chi connectivity index (χ1v) is 12.9. The highest BCUT2D eigenvalue weighted by atomic mass is 35.5. The Bertz CT molecular complexity index is 1290. The van der Waals surface area contributed by atoms with E-state index in [1.165, 1.54) is 25.9 Å². The van der Waals surface area contributed by atoms with Crippen LogP contribution < -0.4 is 10.5 Å². The molecule has 37 heavy (non-hydrogen) atoms. The van der Waals surface area contributed by atoms with Gasteiger partial charge in [-0.2, -0.15) is 0 Å². The molecular weight excluding hydrogens is 498 g/mol. The second-order valence-corrected chi connectivity index (χ2v) is 9.94. The van der Waals surface area contributed by atoms with E-state index in [1.807, 2.05) is 29.2 Å². The minimum Gasteiger partial charge on any atom is -0.485 e. The summed E-state index contributed by atoms with van der Waals surface area (Å²) >= 11 is 5.90. The van der Waals surface area contributed by atoms with Crippen molar-refractivity contribution in [3.05, 3.63) is 76.4 Å². The van der Waals surface area contributed by atoms with Crippen LogP contribution in [0.15, 0.2) is 48.7 Å². The summed E-state index contributed by atoms with van der Waals surface area (Å²) in [5, 5.41) is -0.335. The molecule has 0 spiro atoms. The first-order chi connectivity index (χ1) is 17.9. The number of hydrogen-bond donors (Lipinski definition) is 1. The number of nitrogen functional groups attached to an aromatic ring is 1. The van der Waals surface area contributed by atoms with Gasteiger partial charge in [0.2, 0.25) is 0 Å². The molecule has 1 aromatic heterocycles. The Labute approximate surface area is 220 Å². The molecule has 0 aliphatic carbocycles. The van der Waals surface area contributed by atoms with Crippen LogP contribution in [0.2, 0.25) is 5.02 Å². The van der Waals surface area contributed by atoms with Crippen molar-refractivity contribution < 1.29 is 18.3 Å². The highest BCUT2D eigenvalue weighted by Crippen LogP contribution is 2.31. The molecule has 5 rings (SSSR count). The molecule has 3 aromatic rings. The number of carbonyl (C=O) groups excluding carboxylic acids is 1. The Hall–Kier alpha value is -3.23. The van der Waals surface area contributed by atoms with Crippen molar-refractivity contribution >= 4 is 23.3 Å². The molecule has 6 nitrogen and oxygen atoms in total. The van der Waals surface area contributed by atoms with E-state index < -0.39 is 11.6 Å². The van der Waals surface area contributed by atoms with E-state index in [0.29, 0.717) is 17.2 Å². The highest BCUT2D eigenvalue weighted by Gasteiger charge is 2.28. The molecule has 2 N–H and O–H groups in total. The van der Waals surface area contributed by atoms with Crippen molar-refractivity contribution in [1.82, 2.24) is 14.8 Å². The third kappa shape index (κ3) is 5.55. The predicted octanol–water partition coefficient (Wildman–Crippen LogP) is 5.54. The van der Waals surface area contributed by atoms with Crippen molar-refractivity contribution in [3.8, 4) is 16.9 Å². The molecule has 1 amide bonds. The summed E-state index contributed by atoms with van der Waals surface area (Å²) < 4.78 is 33.6. The van der Waals surface area contributed by atoms with E-state index in [0.717, 1.165) is 43.6 Å². The number of anilines is 1. The zero-order chi connectivity index (χ0) is 25.9. The number of nitrogens with zero attached hydrogens (tertiary/aromatic N) is 3. The Morgan fingerprint density at radius 1 is 1.03 bits per heavy atom. The second-order valence-electron chi connectivity index (χ2n) is 9.57. The van der Waals surface area contributed by atoms with Crippen molar-refractivity contribution in [3.63, 3.8) is 0 Å². The fourth-order valence-electron chi connectivity index (χ4n) is 5.14. The maximum atomic E-state index is 14.1. The van der Waals surface area contributed by atoms with Crippen molar-refractivity contribution in [2.75, 3.05) is 31.9 Å². The van der Waals surface area contributed by atoms with Crippen LogP contribution in [0, 0.1) is 11.6 Å². The molecule has 0 radical (unpaired) electrons. The topological polar surface area (TPSA) is 71.7 Å². The monoisotopic (exact) mass is 526 g/mol. The van der Waals surface area contributed by atoms with E-state index in [9.17, 15) is 13.6 Å². The molecule has 2 aliphatic rings. The van der Waals surface area contributed by atoms with Crippen molar-refractivity contribution in [1.29, 1.82) is 0 Å². The average Bonchev–Trinajstić information content (AvgIpc) is 3.47. The number of hydrogen-bond acceptors (Lipinski definition) is 5. The zero-order valence-corrected chi connectivity index (χ0v) is 21.2. The number of halogens is 3. The fourth-order valence-corrected chi connectivity index (χ4v) is 5.34. The second kappa shape index (κ2) is 11.0. The van der Waals surface area contributed by atoms with Gasteiger partial charge in [0.25, 0.3) is 5.91 Å². The normalized spacial score (nSPS) is 16.8. The smallest absolute Gasteiger partial charge is 0.253 e. The van der Waals surface area contributed by atoms with E-state index in [4.69, 9.17) is 22.1 Å². The van der Waals surface area contributed by atoms with Gasteiger partial charge in [0.1, 0.15) is 18.2 Å². The highest BCUT2D eigenvalue weighted by molar-refractivity contribution is 6.31. The number of nitrogens with two attached hydrogens (primary N) is 1. The van der Waals surface area contributed by atoms with Gasteiger partial charge < -0.3 is 20.3 Å². The van der Waals surface area contributed by atoms with Crippen molar-refractivity contribution in [2.45, 2.75) is 38.3 Å². The van der Waals surface area contributed by atoms with E-state index in [-0.39, 0.29) is 34.7 Å². The molecule has 0 bridgehead atoms. The SMILES string of the molecule is Nc1ncc(-c2cccc(C(=O)N3CCC(N4CCCC4)CC3)c2)cc1OCc1c(F)ccc(F)c1Cl. The van der Waals surface area contributed by atoms with Gasteiger partial charge >= 0.3 is 0 Å². The van der Waals surface area contributed by atoms with Crippen molar-refractivity contribution in [2.24, 2.45) is 0 Å². The van der Waals surface area contributed by atoms with Crippen LogP contribution in [0.5, 0.6) is 5.75 Å². The summed E-state index contributed by atoms with van der Waals surface area (Å²) in [5.74, 6) is -1.09. The number of amides is 1. The first kappa shape index (κ1) is 25.4. The van der Waals surface area contributed by atoms with E-state index >= 15 is 0 Å². The molecule has 2 saturated heterocycles. The quantitative estimate of drug-likeness (QED) is 0.427. The minimum absolute atomic E-state index is 0.0119. The third-order valence-electron chi connectivity index (χ3n) is 7.24. The molecule has 2 aliphatic heterocycles. The van der Waals surface area contributed by atoms with Crippen LogP contribution in [0.1, 0.15) is 41.6 Å². The lowest BCUT2D eigenvalue weighted by Gasteiger charge is -2.36. The maximum absolute atomic E-state index is 14.1. The Balaban J connectivity index is 1.29. The van der Waals surface area contributed by atoms with Gasteiger partial charge in [0, 0.05) is 42.0 Å². The van der Waals surface area contributed by atoms with Gasteiger partial charge in [-0.1, -0.05) is 23.7 Å². The lowest BCUT2D eigenvalue weighted by molar-refractivity contribution is 0.0644. The number of piperidine rings is 1. The lowest BCUT2D eigenvalue weighted by Crippen LogP contribution is -2.45. The fraction of sp³-hybridized carbons (Fsp3) is 0.357. The lowest BCUT2D eigenvalue weighted by atomic mass is 10.0. The van der Waals surface area contributed by atoms with Crippen LogP contribution in [0.25, 0.3) is 11.1 Å². The number of benzene rings is 2. The molecule has 0 saturated carbocycles. The summed E-state index contributed by atoms with van der Waals surface area (Å²) in [5.41, 5.74) is 7.91. The zero-order valence-electron chi connectivity index (χ0n) is 20.4. The number of rotatable bonds is 6. The number of pyridine rings is 1. The van der Waals surface area contributed by atoms with Crippen LogP contribution in [-0.2, 0) is 6.61 Å². The van der Waals surface area contributed by atoms with Gasteiger partial charge in [0.05, 0.1) is 5.02 Å². The largest absolute Gasteiger partial charge is 0.485 e. The summed E-state index contributed by atoms with van der Waals surface area (Å²) in [6.45, 7) is 3.54. The number of aromatic nitrogens is 1. The van der Waals surface area contributed by atoms with Crippen LogP contribution in [0.4, 0.5) is 14.6 Å². The van der Waals surface area contributed by atoms with E-state index in [1.54, 1.807) is 12.3 Å². The number of carbonyl (C=O) groups is 1. The summed E-state index contributed by atoms with van der Waals surface area (Å²) in [6, 6.07) is 11.5. The average molecular weight is 527 g/mol.